The Balaban J connectivity index is 1.45. The fourth-order valence-corrected chi connectivity index (χ4v) is 5.01. The summed E-state index contributed by atoms with van der Waals surface area (Å²) in [6.07, 6.45) is 1.77. The number of carbonyl (C=O) groups is 1. The first-order valence-electron chi connectivity index (χ1n) is 11.2. The van der Waals surface area contributed by atoms with Crippen molar-refractivity contribution in [3.63, 3.8) is 0 Å². The average Bonchev–Trinajstić information content (AvgIpc) is 3.51. The van der Waals surface area contributed by atoms with Gasteiger partial charge in [0, 0.05) is 23.1 Å². The van der Waals surface area contributed by atoms with Gasteiger partial charge in [0.15, 0.2) is 27.6 Å². The Labute approximate surface area is 218 Å². The van der Waals surface area contributed by atoms with Crippen molar-refractivity contribution in [3.8, 4) is 34.1 Å². The SMILES string of the molecule is C=CCn1c(SCC(=O)Nc2nc(-c3ccc(C)c(C)c3)cs2)nnc1-c1ccc(OC)c(OC)c1. The summed E-state index contributed by atoms with van der Waals surface area (Å²) in [5.74, 6) is 1.88. The zero-order valence-electron chi connectivity index (χ0n) is 20.6. The van der Waals surface area contributed by atoms with E-state index in [4.69, 9.17) is 9.47 Å². The minimum atomic E-state index is -0.165. The van der Waals surface area contributed by atoms with Gasteiger partial charge in [0.05, 0.1) is 25.7 Å². The van der Waals surface area contributed by atoms with Crippen LogP contribution in [0, 0.1) is 13.8 Å². The van der Waals surface area contributed by atoms with Crippen molar-refractivity contribution in [2.24, 2.45) is 0 Å². The van der Waals surface area contributed by atoms with Crippen LogP contribution in [0.1, 0.15) is 11.1 Å². The molecular weight excluding hydrogens is 494 g/mol. The summed E-state index contributed by atoms with van der Waals surface area (Å²) in [6.45, 7) is 8.49. The molecule has 2 aromatic carbocycles. The standard InChI is InChI=1S/C26H27N5O3S2/c1-6-11-31-24(19-9-10-21(33-4)22(13-19)34-5)29-30-26(31)36-15-23(32)28-25-27-20(14-35-25)18-8-7-16(2)17(3)12-18/h6-10,12-14H,1,11,15H2,2-5H3,(H,27,28,32). The number of anilines is 1. The lowest BCUT2D eigenvalue weighted by atomic mass is 10.1. The van der Waals surface area contributed by atoms with E-state index in [9.17, 15) is 4.79 Å². The van der Waals surface area contributed by atoms with E-state index in [0.29, 0.717) is 34.2 Å². The minimum absolute atomic E-state index is 0.165. The topological polar surface area (TPSA) is 91.2 Å². The van der Waals surface area contributed by atoms with E-state index >= 15 is 0 Å². The quantitative estimate of drug-likeness (QED) is 0.214. The van der Waals surface area contributed by atoms with Crippen molar-refractivity contribution >= 4 is 34.1 Å². The molecule has 0 radical (unpaired) electrons. The first-order valence-corrected chi connectivity index (χ1v) is 13.0. The molecule has 0 fully saturated rings. The summed E-state index contributed by atoms with van der Waals surface area (Å²) in [4.78, 5) is 17.2. The molecule has 0 aliphatic rings. The average molecular weight is 522 g/mol. The van der Waals surface area contributed by atoms with Gasteiger partial charge in [-0.05, 0) is 49.2 Å². The van der Waals surface area contributed by atoms with Crippen LogP contribution in [-0.4, -0.2) is 45.6 Å². The number of ether oxygens (including phenoxy) is 2. The molecular formula is C26H27N5O3S2. The molecule has 0 aliphatic carbocycles. The fraction of sp³-hybridized carbons (Fsp3) is 0.231. The molecule has 4 rings (SSSR count). The summed E-state index contributed by atoms with van der Waals surface area (Å²) in [7, 11) is 3.18. The number of aromatic nitrogens is 4. The van der Waals surface area contributed by atoms with Crippen molar-refractivity contribution in [3.05, 3.63) is 65.6 Å². The zero-order chi connectivity index (χ0) is 25.7. The van der Waals surface area contributed by atoms with Crippen molar-refractivity contribution < 1.29 is 14.3 Å². The summed E-state index contributed by atoms with van der Waals surface area (Å²) >= 11 is 2.71. The van der Waals surface area contributed by atoms with Crippen LogP contribution in [0.15, 0.2) is 59.6 Å². The Morgan fingerprint density at radius 3 is 2.58 bits per heavy atom. The molecule has 2 aromatic heterocycles. The zero-order valence-corrected chi connectivity index (χ0v) is 22.2. The second kappa shape index (κ2) is 11.4. The lowest BCUT2D eigenvalue weighted by Crippen LogP contribution is -2.14. The molecule has 10 heteroatoms. The number of aryl methyl sites for hydroxylation is 2. The van der Waals surface area contributed by atoms with Gasteiger partial charge < -0.3 is 14.8 Å². The molecule has 0 saturated heterocycles. The van der Waals surface area contributed by atoms with E-state index in [2.05, 4.69) is 53.1 Å². The van der Waals surface area contributed by atoms with E-state index in [0.717, 1.165) is 16.8 Å². The number of methoxy groups -OCH3 is 2. The van der Waals surface area contributed by atoms with E-state index in [1.165, 1.54) is 34.2 Å². The maximum absolute atomic E-state index is 12.7. The van der Waals surface area contributed by atoms with Crippen LogP contribution < -0.4 is 14.8 Å². The molecule has 0 unspecified atom stereocenters. The summed E-state index contributed by atoms with van der Waals surface area (Å²) in [5, 5.41) is 14.7. The van der Waals surface area contributed by atoms with Gasteiger partial charge in [-0.2, -0.15) is 0 Å². The number of hydrogen-bond acceptors (Lipinski definition) is 8. The van der Waals surface area contributed by atoms with Crippen molar-refractivity contribution in [2.45, 2.75) is 25.5 Å². The summed E-state index contributed by atoms with van der Waals surface area (Å²) in [5.41, 5.74) is 5.14. The molecule has 4 aromatic rings. The first-order chi connectivity index (χ1) is 17.4. The Hall–Kier alpha value is -3.63. The molecule has 0 aliphatic heterocycles. The summed E-state index contributed by atoms with van der Waals surface area (Å²) < 4.78 is 12.6. The maximum atomic E-state index is 12.7. The number of hydrogen-bond donors (Lipinski definition) is 1. The van der Waals surface area contributed by atoms with Crippen LogP contribution in [0.3, 0.4) is 0 Å². The van der Waals surface area contributed by atoms with Gasteiger partial charge in [-0.1, -0.05) is 30.0 Å². The highest BCUT2D eigenvalue weighted by Crippen LogP contribution is 2.33. The number of nitrogens with zero attached hydrogens (tertiary/aromatic N) is 4. The highest BCUT2D eigenvalue weighted by Gasteiger charge is 2.17. The number of thiazole rings is 1. The second-order valence-electron chi connectivity index (χ2n) is 7.95. The summed E-state index contributed by atoms with van der Waals surface area (Å²) in [6, 6.07) is 11.8. The highest BCUT2D eigenvalue weighted by molar-refractivity contribution is 7.99. The second-order valence-corrected chi connectivity index (χ2v) is 9.75. The maximum Gasteiger partial charge on any atom is 0.236 e. The third-order valence-electron chi connectivity index (χ3n) is 5.56. The van der Waals surface area contributed by atoms with Crippen LogP contribution in [0.2, 0.25) is 0 Å². The number of amides is 1. The molecule has 1 N–H and O–H groups in total. The fourth-order valence-electron chi connectivity index (χ4n) is 3.53. The molecule has 0 bridgehead atoms. The van der Waals surface area contributed by atoms with E-state index in [1.54, 1.807) is 20.3 Å². The van der Waals surface area contributed by atoms with Crippen molar-refractivity contribution in [1.29, 1.82) is 0 Å². The predicted molar refractivity (Wildman–Crippen MR) is 145 cm³/mol. The smallest absolute Gasteiger partial charge is 0.236 e. The normalized spacial score (nSPS) is 10.8. The van der Waals surface area contributed by atoms with E-state index in [1.807, 2.05) is 34.2 Å². The van der Waals surface area contributed by atoms with Gasteiger partial charge in [-0.15, -0.1) is 28.1 Å². The molecule has 1 amide bonds. The monoisotopic (exact) mass is 521 g/mol. The van der Waals surface area contributed by atoms with Gasteiger partial charge in [0.2, 0.25) is 5.91 Å². The lowest BCUT2D eigenvalue weighted by molar-refractivity contribution is -0.113. The number of rotatable bonds is 10. The number of carbonyl (C=O) groups excluding carboxylic acids is 1. The van der Waals surface area contributed by atoms with Gasteiger partial charge in [-0.25, -0.2) is 4.98 Å². The Morgan fingerprint density at radius 2 is 1.86 bits per heavy atom. The Bertz CT molecular complexity index is 1400. The van der Waals surface area contributed by atoms with Crippen LogP contribution in [0.5, 0.6) is 11.5 Å². The third kappa shape index (κ3) is 5.60. The van der Waals surface area contributed by atoms with Crippen molar-refractivity contribution in [1.82, 2.24) is 19.7 Å². The highest BCUT2D eigenvalue weighted by atomic mass is 32.2. The minimum Gasteiger partial charge on any atom is -0.493 e. The largest absolute Gasteiger partial charge is 0.493 e. The van der Waals surface area contributed by atoms with Gasteiger partial charge in [0.1, 0.15) is 0 Å². The van der Waals surface area contributed by atoms with E-state index in [-0.39, 0.29) is 11.7 Å². The first kappa shape index (κ1) is 25.5. The van der Waals surface area contributed by atoms with Gasteiger partial charge in [0.25, 0.3) is 0 Å². The van der Waals surface area contributed by atoms with Crippen molar-refractivity contribution in [2.75, 3.05) is 25.3 Å². The van der Waals surface area contributed by atoms with Gasteiger partial charge in [-0.3, -0.25) is 9.36 Å². The van der Waals surface area contributed by atoms with Crippen LogP contribution >= 0.6 is 23.1 Å². The van der Waals surface area contributed by atoms with Crippen LogP contribution in [0.25, 0.3) is 22.6 Å². The molecule has 8 nitrogen and oxygen atoms in total. The van der Waals surface area contributed by atoms with Gasteiger partial charge >= 0.3 is 0 Å². The molecule has 0 atom stereocenters. The predicted octanol–water partition coefficient (Wildman–Crippen LogP) is 5.62. The number of allylic oxidation sites excluding steroid dienone is 1. The molecule has 0 spiro atoms. The molecule has 0 saturated carbocycles. The van der Waals surface area contributed by atoms with Crippen LogP contribution in [0.4, 0.5) is 5.13 Å². The Kier molecular flexibility index (Phi) is 8.07. The van der Waals surface area contributed by atoms with Crippen LogP contribution in [-0.2, 0) is 11.3 Å². The number of benzene rings is 2. The number of thioether (sulfide) groups is 1. The molecule has 186 valence electrons. The Morgan fingerprint density at radius 1 is 1.08 bits per heavy atom. The third-order valence-corrected chi connectivity index (χ3v) is 7.28. The lowest BCUT2D eigenvalue weighted by Gasteiger charge is -2.11. The number of nitrogens with one attached hydrogen (secondary N) is 1. The van der Waals surface area contributed by atoms with E-state index < -0.39 is 0 Å². The molecule has 2 heterocycles. The molecule has 36 heavy (non-hydrogen) atoms.